The van der Waals surface area contributed by atoms with Gasteiger partial charge in [-0.1, -0.05) is 23.7 Å². The van der Waals surface area contributed by atoms with Crippen LogP contribution in [0.4, 0.5) is 0 Å². The van der Waals surface area contributed by atoms with Crippen LogP contribution in [0.1, 0.15) is 36.0 Å². The zero-order valence-corrected chi connectivity index (χ0v) is 13.6. The molecule has 2 rings (SSSR count). The van der Waals surface area contributed by atoms with Crippen LogP contribution < -0.4 is 0 Å². The molecule has 0 spiro atoms. The van der Waals surface area contributed by atoms with Gasteiger partial charge in [-0.05, 0) is 45.4 Å². The topological polar surface area (TPSA) is 26.3 Å². The third-order valence-corrected chi connectivity index (χ3v) is 3.85. The quantitative estimate of drug-likeness (QED) is 0.701. The van der Waals surface area contributed by atoms with Gasteiger partial charge in [-0.2, -0.15) is 0 Å². The number of hydrogen-bond acceptors (Lipinski definition) is 3. The van der Waals surface area contributed by atoms with Crippen molar-refractivity contribution in [1.82, 2.24) is 0 Å². The molecule has 4 heteroatoms. The maximum absolute atomic E-state index is 12.3. The highest BCUT2D eigenvalue weighted by molar-refractivity contribution is 7.10. The Hall–Kier alpha value is -1.32. The Morgan fingerprint density at radius 2 is 2.00 bits per heavy atom. The third kappa shape index (κ3) is 3.41. The molecule has 0 N–H and O–H groups in total. The van der Waals surface area contributed by atoms with Crippen LogP contribution >= 0.6 is 22.9 Å². The highest BCUT2D eigenvalue weighted by atomic mass is 35.5. The van der Waals surface area contributed by atoms with Gasteiger partial charge in [-0.3, -0.25) is 0 Å². The van der Waals surface area contributed by atoms with Crippen molar-refractivity contribution in [3.63, 3.8) is 0 Å². The lowest BCUT2D eigenvalue weighted by Gasteiger charge is -2.19. The number of carbonyl (C=O) groups is 1. The summed E-state index contributed by atoms with van der Waals surface area (Å²) in [6.07, 6.45) is 0. The van der Waals surface area contributed by atoms with E-state index in [0.29, 0.717) is 10.6 Å². The fourth-order valence-electron chi connectivity index (χ4n) is 1.94. The van der Waals surface area contributed by atoms with Gasteiger partial charge < -0.3 is 4.74 Å². The molecule has 0 aliphatic heterocycles. The normalized spacial score (nSPS) is 11.4. The average molecular weight is 309 g/mol. The van der Waals surface area contributed by atoms with Crippen molar-refractivity contribution in [3.05, 3.63) is 45.1 Å². The van der Waals surface area contributed by atoms with Crippen molar-refractivity contribution in [1.29, 1.82) is 0 Å². The summed E-state index contributed by atoms with van der Waals surface area (Å²) in [5.74, 6) is -0.295. The molecule has 2 aromatic rings. The first-order chi connectivity index (χ1) is 9.28. The molecule has 0 saturated heterocycles. The molecule has 0 aliphatic carbocycles. The highest BCUT2D eigenvalue weighted by Crippen LogP contribution is 2.34. The van der Waals surface area contributed by atoms with Crippen molar-refractivity contribution < 1.29 is 9.53 Å². The number of ether oxygens (including phenoxy) is 1. The van der Waals surface area contributed by atoms with E-state index in [0.717, 1.165) is 16.0 Å². The Morgan fingerprint density at radius 3 is 2.60 bits per heavy atom. The fraction of sp³-hybridized carbons (Fsp3) is 0.312. The van der Waals surface area contributed by atoms with Crippen LogP contribution in [-0.4, -0.2) is 11.6 Å². The summed E-state index contributed by atoms with van der Waals surface area (Å²) in [4.78, 5) is 13.4. The Kier molecular flexibility index (Phi) is 4.21. The van der Waals surface area contributed by atoms with Gasteiger partial charge >= 0.3 is 5.97 Å². The molecule has 0 amide bonds. The standard InChI is InChI=1S/C16H17ClO2S/c1-10-14(11-6-5-7-12(17)8-11)13(9-20-10)15(18)19-16(2,3)4/h5-9H,1-4H3. The molecular weight excluding hydrogens is 292 g/mol. The van der Waals surface area contributed by atoms with Crippen LogP contribution in [-0.2, 0) is 4.74 Å². The monoisotopic (exact) mass is 308 g/mol. The predicted octanol–water partition coefficient (Wildman–Crippen LogP) is 5.33. The van der Waals surface area contributed by atoms with Crippen LogP contribution in [0.15, 0.2) is 29.6 Å². The van der Waals surface area contributed by atoms with Crippen LogP contribution in [0.25, 0.3) is 11.1 Å². The molecule has 0 saturated carbocycles. The van der Waals surface area contributed by atoms with E-state index in [9.17, 15) is 4.79 Å². The smallest absolute Gasteiger partial charge is 0.340 e. The largest absolute Gasteiger partial charge is 0.456 e. The van der Waals surface area contributed by atoms with E-state index in [2.05, 4.69) is 0 Å². The van der Waals surface area contributed by atoms with Crippen LogP contribution in [0.5, 0.6) is 0 Å². The molecule has 0 radical (unpaired) electrons. The van der Waals surface area contributed by atoms with Crippen molar-refractivity contribution in [2.75, 3.05) is 0 Å². The lowest BCUT2D eigenvalue weighted by molar-refractivity contribution is 0.00710. The van der Waals surface area contributed by atoms with Gasteiger partial charge in [-0.15, -0.1) is 11.3 Å². The SMILES string of the molecule is Cc1scc(C(=O)OC(C)(C)C)c1-c1cccc(Cl)c1. The molecule has 1 aromatic heterocycles. The van der Waals surface area contributed by atoms with E-state index in [1.165, 1.54) is 0 Å². The van der Waals surface area contributed by atoms with Gasteiger partial charge in [-0.25, -0.2) is 4.79 Å². The highest BCUT2D eigenvalue weighted by Gasteiger charge is 2.23. The zero-order valence-electron chi connectivity index (χ0n) is 12.0. The van der Waals surface area contributed by atoms with Crippen molar-refractivity contribution in [2.24, 2.45) is 0 Å². The summed E-state index contributed by atoms with van der Waals surface area (Å²) in [6.45, 7) is 7.59. The Bertz CT molecular complexity index is 638. The average Bonchev–Trinajstić information content (AvgIpc) is 2.69. The van der Waals surface area contributed by atoms with Crippen LogP contribution in [0, 0.1) is 6.92 Å². The first-order valence-electron chi connectivity index (χ1n) is 6.35. The minimum absolute atomic E-state index is 0.295. The number of hydrogen-bond donors (Lipinski definition) is 0. The van der Waals surface area contributed by atoms with Gasteiger partial charge in [0.2, 0.25) is 0 Å². The van der Waals surface area contributed by atoms with Gasteiger partial charge in [0.1, 0.15) is 5.60 Å². The minimum Gasteiger partial charge on any atom is -0.456 e. The van der Waals surface area contributed by atoms with Crippen molar-refractivity contribution >= 4 is 28.9 Å². The van der Waals surface area contributed by atoms with Gasteiger partial charge in [0, 0.05) is 20.8 Å². The molecule has 1 aromatic carbocycles. The summed E-state index contributed by atoms with van der Waals surface area (Å²) >= 11 is 7.58. The zero-order chi connectivity index (χ0) is 14.9. The lowest BCUT2D eigenvalue weighted by Crippen LogP contribution is -2.23. The van der Waals surface area contributed by atoms with E-state index in [1.807, 2.05) is 57.3 Å². The van der Waals surface area contributed by atoms with E-state index in [-0.39, 0.29) is 5.97 Å². The Labute approximate surface area is 128 Å². The summed E-state index contributed by atoms with van der Waals surface area (Å²) in [7, 11) is 0. The Morgan fingerprint density at radius 1 is 1.30 bits per heavy atom. The number of carbonyl (C=O) groups excluding carboxylic acids is 1. The molecule has 0 fully saturated rings. The molecule has 0 atom stereocenters. The molecule has 2 nitrogen and oxygen atoms in total. The minimum atomic E-state index is -0.501. The second-order valence-electron chi connectivity index (χ2n) is 5.59. The first-order valence-corrected chi connectivity index (χ1v) is 7.61. The molecule has 0 aliphatic rings. The van der Waals surface area contributed by atoms with Gasteiger partial charge in [0.25, 0.3) is 0 Å². The fourth-order valence-corrected chi connectivity index (χ4v) is 2.99. The number of aryl methyl sites for hydroxylation is 1. The number of esters is 1. The molecule has 0 unspecified atom stereocenters. The molecule has 106 valence electrons. The second-order valence-corrected chi connectivity index (χ2v) is 7.11. The lowest BCUT2D eigenvalue weighted by atomic mass is 10.0. The number of rotatable bonds is 2. The van der Waals surface area contributed by atoms with E-state index in [1.54, 1.807) is 11.3 Å². The number of thiophene rings is 1. The Balaban J connectivity index is 2.45. The summed E-state index contributed by atoms with van der Waals surface area (Å²) < 4.78 is 5.46. The first kappa shape index (κ1) is 15.1. The summed E-state index contributed by atoms with van der Waals surface area (Å²) in [5, 5.41) is 2.50. The molecule has 0 bridgehead atoms. The van der Waals surface area contributed by atoms with Crippen molar-refractivity contribution in [3.8, 4) is 11.1 Å². The van der Waals surface area contributed by atoms with E-state index >= 15 is 0 Å². The summed E-state index contributed by atoms with van der Waals surface area (Å²) in [5.41, 5.74) is 1.95. The summed E-state index contributed by atoms with van der Waals surface area (Å²) in [6, 6.07) is 7.52. The third-order valence-electron chi connectivity index (χ3n) is 2.71. The van der Waals surface area contributed by atoms with Crippen LogP contribution in [0.2, 0.25) is 5.02 Å². The number of benzene rings is 1. The van der Waals surface area contributed by atoms with Gasteiger partial charge in [0.05, 0.1) is 5.56 Å². The molecule has 1 heterocycles. The predicted molar refractivity (Wildman–Crippen MR) is 84.7 cm³/mol. The maximum atomic E-state index is 12.3. The van der Waals surface area contributed by atoms with Crippen LogP contribution in [0.3, 0.4) is 0 Å². The second kappa shape index (κ2) is 5.58. The maximum Gasteiger partial charge on any atom is 0.340 e. The molecular formula is C16H17ClO2S. The van der Waals surface area contributed by atoms with Gasteiger partial charge in [0.15, 0.2) is 0 Å². The van der Waals surface area contributed by atoms with Crippen molar-refractivity contribution in [2.45, 2.75) is 33.3 Å². The number of halogens is 1. The van der Waals surface area contributed by atoms with E-state index in [4.69, 9.17) is 16.3 Å². The van der Waals surface area contributed by atoms with E-state index < -0.39 is 5.60 Å². The molecule has 20 heavy (non-hydrogen) atoms.